The molecule has 22 heavy (non-hydrogen) atoms. The summed E-state index contributed by atoms with van der Waals surface area (Å²) >= 11 is 0. The van der Waals surface area contributed by atoms with Crippen molar-refractivity contribution in [3.05, 3.63) is 29.3 Å². The van der Waals surface area contributed by atoms with Crippen LogP contribution in [-0.2, 0) is 17.8 Å². The van der Waals surface area contributed by atoms with Gasteiger partial charge < -0.3 is 14.8 Å². The van der Waals surface area contributed by atoms with Crippen molar-refractivity contribution in [2.45, 2.75) is 33.4 Å². The summed E-state index contributed by atoms with van der Waals surface area (Å²) in [5.41, 5.74) is 2.54. The minimum Gasteiger partial charge on any atom is -0.496 e. The van der Waals surface area contributed by atoms with Gasteiger partial charge in [0.05, 0.1) is 20.3 Å². The Bertz CT molecular complexity index is 443. The fourth-order valence-corrected chi connectivity index (χ4v) is 2.66. The topological polar surface area (TPSA) is 33.7 Å². The van der Waals surface area contributed by atoms with Crippen LogP contribution in [0.2, 0.25) is 0 Å². The SMILES string of the molecule is COc1cc(CN2CCOCC2)ccc1CNCCC(C)C. The van der Waals surface area contributed by atoms with Gasteiger partial charge >= 0.3 is 0 Å². The number of rotatable bonds is 8. The van der Waals surface area contributed by atoms with E-state index in [1.807, 2.05) is 0 Å². The molecule has 4 nitrogen and oxygen atoms in total. The predicted molar refractivity (Wildman–Crippen MR) is 90.3 cm³/mol. The summed E-state index contributed by atoms with van der Waals surface area (Å²) in [5.74, 6) is 1.73. The monoisotopic (exact) mass is 306 g/mol. The summed E-state index contributed by atoms with van der Waals surface area (Å²) < 4.78 is 11.0. The minimum atomic E-state index is 0.741. The zero-order valence-corrected chi connectivity index (χ0v) is 14.2. The van der Waals surface area contributed by atoms with E-state index in [0.29, 0.717) is 0 Å². The van der Waals surface area contributed by atoms with Gasteiger partial charge in [-0.2, -0.15) is 0 Å². The molecule has 0 aromatic heterocycles. The molecule has 2 rings (SSSR count). The van der Waals surface area contributed by atoms with Crippen molar-refractivity contribution >= 4 is 0 Å². The molecular formula is C18H30N2O2. The van der Waals surface area contributed by atoms with Gasteiger partial charge in [-0.15, -0.1) is 0 Å². The van der Waals surface area contributed by atoms with E-state index in [1.54, 1.807) is 7.11 Å². The van der Waals surface area contributed by atoms with Gasteiger partial charge in [0.1, 0.15) is 5.75 Å². The quantitative estimate of drug-likeness (QED) is 0.749. The first-order valence-electron chi connectivity index (χ1n) is 8.35. The van der Waals surface area contributed by atoms with Gasteiger partial charge in [-0.05, 0) is 30.5 Å². The van der Waals surface area contributed by atoms with E-state index in [9.17, 15) is 0 Å². The number of nitrogens with zero attached hydrogens (tertiary/aromatic N) is 1. The van der Waals surface area contributed by atoms with Crippen molar-refractivity contribution < 1.29 is 9.47 Å². The maximum Gasteiger partial charge on any atom is 0.123 e. The first kappa shape index (κ1) is 17.3. The van der Waals surface area contributed by atoms with E-state index < -0.39 is 0 Å². The molecule has 0 bridgehead atoms. The molecule has 1 aromatic rings. The van der Waals surface area contributed by atoms with Crippen LogP contribution in [0.5, 0.6) is 5.75 Å². The number of morpholine rings is 1. The molecule has 4 heteroatoms. The molecule has 1 N–H and O–H groups in total. The van der Waals surface area contributed by atoms with Crippen LogP contribution in [0.4, 0.5) is 0 Å². The van der Waals surface area contributed by atoms with E-state index >= 15 is 0 Å². The van der Waals surface area contributed by atoms with Crippen LogP contribution >= 0.6 is 0 Å². The number of hydrogen-bond donors (Lipinski definition) is 1. The van der Waals surface area contributed by atoms with Gasteiger partial charge in [-0.3, -0.25) is 4.90 Å². The molecule has 0 saturated carbocycles. The van der Waals surface area contributed by atoms with Crippen LogP contribution in [0.3, 0.4) is 0 Å². The van der Waals surface area contributed by atoms with Gasteiger partial charge in [0.15, 0.2) is 0 Å². The second-order valence-electron chi connectivity index (χ2n) is 6.39. The molecule has 1 saturated heterocycles. The Hall–Kier alpha value is -1.10. The van der Waals surface area contributed by atoms with Crippen LogP contribution in [0.1, 0.15) is 31.4 Å². The van der Waals surface area contributed by atoms with E-state index in [-0.39, 0.29) is 0 Å². The van der Waals surface area contributed by atoms with Crippen LogP contribution in [0.25, 0.3) is 0 Å². The molecule has 1 aliphatic heterocycles. The van der Waals surface area contributed by atoms with Crippen molar-refractivity contribution in [1.82, 2.24) is 10.2 Å². The lowest BCUT2D eigenvalue weighted by Crippen LogP contribution is -2.35. The molecule has 1 aromatic carbocycles. The van der Waals surface area contributed by atoms with Crippen molar-refractivity contribution in [2.24, 2.45) is 5.92 Å². The van der Waals surface area contributed by atoms with Crippen LogP contribution in [0.15, 0.2) is 18.2 Å². The Morgan fingerprint density at radius 1 is 1.27 bits per heavy atom. The zero-order chi connectivity index (χ0) is 15.8. The summed E-state index contributed by atoms with van der Waals surface area (Å²) in [6, 6.07) is 6.59. The lowest BCUT2D eigenvalue weighted by Gasteiger charge is -2.26. The van der Waals surface area contributed by atoms with Gasteiger partial charge in [-0.1, -0.05) is 26.0 Å². The first-order valence-corrected chi connectivity index (χ1v) is 8.35. The molecule has 1 fully saturated rings. The molecular weight excluding hydrogens is 276 g/mol. The predicted octanol–water partition coefficient (Wildman–Crippen LogP) is 2.66. The standard InChI is InChI=1S/C18H30N2O2/c1-15(2)6-7-19-13-17-5-4-16(12-18(17)21-3)14-20-8-10-22-11-9-20/h4-5,12,15,19H,6-11,13-14H2,1-3H3. The van der Waals surface area contributed by atoms with E-state index in [4.69, 9.17) is 9.47 Å². The van der Waals surface area contributed by atoms with Gasteiger partial charge in [0, 0.05) is 31.7 Å². The molecule has 0 aliphatic carbocycles. The summed E-state index contributed by atoms with van der Waals surface area (Å²) in [7, 11) is 1.76. The van der Waals surface area contributed by atoms with Gasteiger partial charge in [0.2, 0.25) is 0 Å². The molecule has 0 amide bonds. The second kappa shape index (κ2) is 9.13. The van der Waals surface area contributed by atoms with Crippen molar-refractivity contribution in [3.8, 4) is 5.75 Å². The highest BCUT2D eigenvalue weighted by molar-refractivity contribution is 5.37. The van der Waals surface area contributed by atoms with Crippen LogP contribution < -0.4 is 10.1 Å². The highest BCUT2D eigenvalue weighted by atomic mass is 16.5. The number of hydrogen-bond acceptors (Lipinski definition) is 4. The molecule has 0 atom stereocenters. The Balaban J connectivity index is 1.88. The Morgan fingerprint density at radius 3 is 2.73 bits per heavy atom. The normalized spacial score (nSPS) is 16.2. The average molecular weight is 306 g/mol. The van der Waals surface area contributed by atoms with Crippen molar-refractivity contribution in [3.63, 3.8) is 0 Å². The number of benzene rings is 1. The minimum absolute atomic E-state index is 0.741. The third kappa shape index (κ3) is 5.59. The van der Waals surface area contributed by atoms with Crippen LogP contribution in [-0.4, -0.2) is 44.9 Å². The lowest BCUT2D eigenvalue weighted by molar-refractivity contribution is 0.0341. The Labute approximate surface area is 134 Å². The second-order valence-corrected chi connectivity index (χ2v) is 6.39. The van der Waals surface area contributed by atoms with E-state index in [1.165, 1.54) is 17.5 Å². The number of nitrogens with one attached hydrogen (secondary N) is 1. The van der Waals surface area contributed by atoms with E-state index in [0.717, 1.165) is 57.6 Å². The summed E-state index contributed by atoms with van der Waals surface area (Å²) in [4.78, 5) is 2.43. The summed E-state index contributed by atoms with van der Waals surface area (Å²) in [6.07, 6.45) is 1.21. The Morgan fingerprint density at radius 2 is 2.05 bits per heavy atom. The summed E-state index contributed by atoms with van der Waals surface area (Å²) in [6.45, 7) is 11.1. The average Bonchev–Trinajstić information content (AvgIpc) is 2.53. The van der Waals surface area contributed by atoms with Crippen molar-refractivity contribution in [2.75, 3.05) is 40.0 Å². The zero-order valence-electron chi connectivity index (χ0n) is 14.2. The molecule has 1 aliphatic rings. The molecule has 124 valence electrons. The highest BCUT2D eigenvalue weighted by Gasteiger charge is 2.12. The largest absolute Gasteiger partial charge is 0.496 e. The highest BCUT2D eigenvalue weighted by Crippen LogP contribution is 2.21. The number of ether oxygens (including phenoxy) is 2. The first-order chi connectivity index (χ1) is 10.7. The number of methoxy groups -OCH3 is 1. The third-order valence-corrected chi connectivity index (χ3v) is 4.08. The van der Waals surface area contributed by atoms with Gasteiger partial charge in [-0.25, -0.2) is 0 Å². The fourth-order valence-electron chi connectivity index (χ4n) is 2.66. The smallest absolute Gasteiger partial charge is 0.123 e. The lowest BCUT2D eigenvalue weighted by atomic mass is 10.1. The van der Waals surface area contributed by atoms with Crippen LogP contribution in [0, 0.1) is 5.92 Å². The molecule has 0 radical (unpaired) electrons. The van der Waals surface area contributed by atoms with Crippen molar-refractivity contribution in [1.29, 1.82) is 0 Å². The maximum absolute atomic E-state index is 5.57. The Kier molecular flexibility index (Phi) is 7.16. The maximum atomic E-state index is 5.57. The molecule has 0 unspecified atom stereocenters. The molecule has 1 heterocycles. The summed E-state index contributed by atoms with van der Waals surface area (Å²) in [5, 5.41) is 3.50. The third-order valence-electron chi connectivity index (χ3n) is 4.08. The van der Waals surface area contributed by atoms with Gasteiger partial charge in [0.25, 0.3) is 0 Å². The van der Waals surface area contributed by atoms with E-state index in [2.05, 4.69) is 42.3 Å². The molecule has 0 spiro atoms. The fraction of sp³-hybridized carbons (Fsp3) is 0.667.